The lowest BCUT2D eigenvalue weighted by atomic mass is 9.80. The summed E-state index contributed by atoms with van der Waals surface area (Å²) in [5, 5.41) is 6.31. The van der Waals surface area contributed by atoms with Crippen LogP contribution >= 0.6 is 0 Å². The molecule has 2 amide bonds. The fourth-order valence-electron chi connectivity index (χ4n) is 5.82. The van der Waals surface area contributed by atoms with Crippen LogP contribution in [0.15, 0.2) is 48.7 Å². The quantitative estimate of drug-likeness (QED) is 0.637. The van der Waals surface area contributed by atoms with Crippen molar-refractivity contribution in [3.8, 4) is 0 Å². The molecule has 7 heteroatoms. The van der Waals surface area contributed by atoms with E-state index >= 15 is 0 Å². The number of allylic oxidation sites excluding steroid dienone is 1. The van der Waals surface area contributed by atoms with Crippen LogP contribution in [0, 0.1) is 17.6 Å². The Morgan fingerprint density at radius 3 is 2.54 bits per heavy atom. The number of fused-ring (bicyclic) bond motifs is 1. The lowest BCUT2D eigenvalue weighted by Crippen LogP contribution is -2.49. The Hall–Kier alpha value is -3.06. The van der Waals surface area contributed by atoms with Gasteiger partial charge in [-0.3, -0.25) is 9.59 Å². The van der Waals surface area contributed by atoms with E-state index in [-0.39, 0.29) is 17.9 Å². The van der Waals surface area contributed by atoms with Gasteiger partial charge in [0.1, 0.15) is 17.7 Å². The number of amides is 2. The molecule has 2 aromatic rings. The molecule has 1 saturated heterocycles. The molecule has 5 nitrogen and oxygen atoms in total. The minimum atomic E-state index is -0.556. The largest absolute Gasteiger partial charge is 0.329 e. The summed E-state index contributed by atoms with van der Waals surface area (Å²) in [6, 6.07) is 9.48. The highest BCUT2D eigenvalue weighted by atomic mass is 19.1. The van der Waals surface area contributed by atoms with Crippen LogP contribution in [-0.4, -0.2) is 28.8 Å². The maximum atomic E-state index is 13.6. The Kier molecular flexibility index (Phi) is 6.69. The average molecular weight is 480 g/mol. The molecular formula is C28H31F2N3O2. The van der Waals surface area contributed by atoms with Crippen molar-refractivity contribution in [2.75, 3.05) is 0 Å². The van der Waals surface area contributed by atoms with E-state index in [1.807, 2.05) is 12.1 Å². The Morgan fingerprint density at radius 2 is 1.77 bits per heavy atom. The van der Waals surface area contributed by atoms with Gasteiger partial charge in [-0.1, -0.05) is 31.6 Å². The molecule has 184 valence electrons. The predicted molar refractivity (Wildman–Crippen MR) is 129 cm³/mol. The first-order chi connectivity index (χ1) is 16.9. The second-order valence-corrected chi connectivity index (χ2v) is 10.1. The highest BCUT2D eigenvalue weighted by molar-refractivity contribution is 6.01. The van der Waals surface area contributed by atoms with Gasteiger partial charge in [-0.2, -0.15) is 0 Å². The molecule has 0 spiro atoms. The Morgan fingerprint density at radius 1 is 1.00 bits per heavy atom. The topological polar surface area (TPSA) is 61.4 Å². The molecule has 3 atom stereocenters. The van der Waals surface area contributed by atoms with Gasteiger partial charge in [0.05, 0.1) is 0 Å². The first kappa shape index (κ1) is 23.7. The van der Waals surface area contributed by atoms with Crippen LogP contribution in [0.5, 0.6) is 0 Å². The number of nitrogens with zero attached hydrogens (tertiary/aromatic N) is 1. The van der Waals surface area contributed by atoms with Crippen LogP contribution in [0.2, 0.25) is 0 Å². The summed E-state index contributed by atoms with van der Waals surface area (Å²) in [4.78, 5) is 27.1. The van der Waals surface area contributed by atoms with Gasteiger partial charge in [-0.15, -0.1) is 0 Å². The van der Waals surface area contributed by atoms with E-state index in [4.69, 9.17) is 0 Å². The minimum Gasteiger partial charge on any atom is -0.329 e. The number of rotatable bonds is 6. The molecule has 2 aromatic carbocycles. The lowest BCUT2D eigenvalue weighted by molar-refractivity contribution is -0.126. The van der Waals surface area contributed by atoms with Gasteiger partial charge in [0.25, 0.3) is 5.91 Å². The van der Waals surface area contributed by atoms with Crippen LogP contribution in [0.3, 0.4) is 0 Å². The molecule has 3 aliphatic rings. The van der Waals surface area contributed by atoms with Gasteiger partial charge in [0, 0.05) is 36.5 Å². The summed E-state index contributed by atoms with van der Waals surface area (Å²) in [5.74, 6) is -0.946. The molecular weight excluding hydrogens is 448 g/mol. The van der Waals surface area contributed by atoms with Gasteiger partial charge in [-0.05, 0) is 72.9 Å². The van der Waals surface area contributed by atoms with E-state index in [0.29, 0.717) is 48.7 Å². The van der Waals surface area contributed by atoms with E-state index in [1.54, 1.807) is 4.90 Å². The highest BCUT2D eigenvalue weighted by Crippen LogP contribution is 2.32. The first-order valence-electron chi connectivity index (χ1n) is 12.5. The van der Waals surface area contributed by atoms with Gasteiger partial charge in [0.15, 0.2) is 0 Å². The van der Waals surface area contributed by atoms with Crippen molar-refractivity contribution in [1.29, 1.82) is 0 Å². The molecule has 0 radical (unpaired) electrons. The average Bonchev–Trinajstić information content (AvgIpc) is 3.13. The number of nitrogens with one attached hydrogen (secondary N) is 2. The van der Waals surface area contributed by atoms with Crippen LogP contribution in [0.25, 0.3) is 0 Å². The minimum absolute atomic E-state index is 0.0845. The van der Waals surface area contributed by atoms with Crippen LogP contribution in [0.1, 0.15) is 65.6 Å². The molecule has 2 fully saturated rings. The van der Waals surface area contributed by atoms with E-state index < -0.39 is 17.7 Å². The van der Waals surface area contributed by atoms with Crippen molar-refractivity contribution in [2.24, 2.45) is 5.92 Å². The fourth-order valence-corrected chi connectivity index (χ4v) is 5.82. The number of hydrogen-bond acceptors (Lipinski definition) is 3. The molecule has 0 aromatic heterocycles. The maximum absolute atomic E-state index is 13.6. The molecule has 35 heavy (non-hydrogen) atoms. The molecule has 2 N–H and O–H groups in total. The zero-order chi connectivity index (χ0) is 24.5. The Labute approximate surface area is 204 Å². The number of piperidine rings is 1. The molecule has 2 heterocycles. The zero-order valence-electron chi connectivity index (χ0n) is 19.8. The van der Waals surface area contributed by atoms with E-state index in [9.17, 15) is 18.4 Å². The highest BCUT2D eigenvalue weighted by Gasteiger charge is 2.38. The molecule has 2 aliphatic heterocycles. The fraction of sp³-hybridized carbons (Fsp3) is 0.429. The molecule has 0 bridgehead atoms. The molecule has 1 aliphatic carbocycles. The smallest absolute Gasteiger partial charge is 0.255 e. The third-order valence-corrected chi connectivity index (χ3v) is 7.60. The van der Waals surface area contributed by atoms with Crippen LogP contribution in [-0.2, 0) is 24.3 Å². The van der Waals surface area contributed by atoms with Gasteiger partial charge < -0.3 is 15.5 Å². The second-order valence-electron chi connectivity index (χ2n) is 10.1. The monoisotopic (exact) mass is 479 g/mol. The number of carbonyl (C=O) groups excluding carboxylic acids is 2. The van der Waals surface area contributed by atoms with Crippen molar-refractivity contribution in [1.82, 2.24) is 15.5 Å². The van der Waals surface area contributed by atoms with Crippen molar-refractivity contribution in [3.05, 3.63) is 82.6 Å². The number of benzene rings is 2. The van der Waals surface area contributed by atoms with Crippen molar-refractivity contribution < 1.29 is 18.4 Å². The summed E-state index contributed by atoms with van der Waals surface area (Å²) in [6.45, 7) is 4.70. The summed E-state index contributed by atoms with van der Waals surface area (Å²) in [6.07, 6.45) is 6.57. The van der Waals surface area contributed by atoms with Crippen molar-refractivity contribution in [2.45, 2.75) is 70.1 Å². The Balaban J connectivity index is 1.25. The molecule has 1 saturated carbocycles. The summed E-state index contributed by atoms with van der Waals surface area (Å²) in [7, 11) is 0. The summed E-state index contributed by atoms with van der Waals surface area (Å²) in [5.41, 5.74) is 4.14. The third kappa shape index (κ3) is 5.15. The van der Waals surface area contributed by atoms with E-state index in [1.165, 1.54) is 17.7 Å². The predicted octanol–water partition coefficient (Wildman–Crippen LogP) is 4.60. The van der Waals surface area contributed by atoms with Crippen LogP contribution in [0.4, 0.5) is 8.78 Å². The Bertz CT molecular complexity index is 1140. The van der Waals surface area contributed by atoms with Crippen LogP contribution < -0.4 is 10.6 Å². The first-order valence-corrected chi connectivity index (χ1v) is 12.5. The standard InChI is InChI=1S/C28H31F2N3O2/c1-17-6-9-26(27(34)32-17)33-16-21-11-18(7-8-24(21)28(33)35)10-20-4-2-3-5-25(20)31-15-19-12-22(29)14-23(30)13-19/h7-8,11-14,20,25-26,31H,1-6,9-10,15-16H2,(H,32,34)/t20-,25+,26?/m1/s1. The lowest BCUT2D eigenvalue weighted by Gasteiger charge is -2.33. The van der Waals surface area contributed by atoms with Crippen molar-refractivity contribution in [3.63, 3.8) is 0 Å². The summed E-state index contributed by atoms with van der Waals surface area (Å²) >= 11 is 0. The number of halogens is 2. The molecule has 5 rings (SSSR count). The van der Waals surface area contributed by atoms with Crippen molar-refractivity contribution >= 4 is 11.8 Å². The van der Waals surface area contributed by atoms with Gasteiger partial charge in [-0.25, -0.2) is 8.78 Å². The van der Waals surface area contributed by atoms with E-state index in [2.05, 4.69) is 23.3 Å². The third-order valence-electron chi connectivity index (χ3n) is 7.60. The summed E-state index contributed by atoms with van der Waals surface area (Å²) < 4.78 is 27.1. The number of carbonyl (C=O) groups is 2. The zero-order valence-corrected chi connectivity index (χ0v) is 19.8. The normalized spacial score (nSPS) is 24.5. The second kappa shape index (κ2) is 9.90. The molecule has 1 unspecified atom stereocenters. The van der Waals surface area contributed by atoms with E-state index in [0.717, 1.165) is 43.7 Å². The van der Waals surface area contributed by atoms with Gasteiger partial charge in [0.2, 0.25) is 5.91 Å². The van der Waals surface area contributed by atoms with Gasteiger partial charge >= 0.3 is 0 Å². The number of hydrogen-bond donors (Lipinski definition) is 2. The maximum Gasteiger partial charge on any atom is 0.255 e. The SMILES string of the molecule is C=C1CCC(N2Cc3cc(C[C@H]4CCCC[C@@H]4NCc4cc(F)cc(F)c4)ccc3C2=O)C(=O)N1.